The molecule has 0 rings (SSSR count). The van der Waals surface area contributed by atoms with Gasteiger partial charge in [0.2, 0.25) is 5.91 Å². The van der Waals surface area contributed by atoms with Crippen molar-refractivity contribution < 1.29 is 9.53 Å². The molecule has 0 aromatic rings. The summed E-state index contributed by atoms with van der Waals surface area (Å²) in [7, 11) is 0. The molecule has 2 N–H and O–H groups in total. The molecule has 0 radical (unpaired) electrons. The van der Waals surface area contributed by atoms with Crippen LogP contribution in [0.2, 0.25) is 0 Å². The van der Waals surface area contributed by atoms with E-state index in [4.69, 9.17) is 4.74 Å². The molecule has 0 saturated carbocycles. The number of amides is 1. The summed E-state index contributed by atoms with van der Waals surface area (Å²) < 4.78 is 5.27. The van der Waals surface area contributed by atoms with Crippen LogP contribution in [0.1, 0.15) is 27.2 Å². The Balaban J connectivity index is 3.40. The summed E-state index contributed by atoms with van der Waals surface area (Å²) in [4.78, 5) is 11.4. The Labute approximate surface area is 98.4 Å². The van der Waals surface area contributed by atoms with Crippen molar-refractivity contribution in [1.82, 2.24) is 10.6 Å². The lowest BCUT2D eigenvalue weighted by atomic mass is 10.2. The number of hydrogen-bond acceptors (Lipinski definition) is 3. The van der Waals surface area contributed by atoms with Crippen molar-refractivity contribution in [2.45, 2.75) is 33.2 Å². The molecule has 94 valence electrons. The van der Waals surface area contributed by atoms with E-state index in [2.05, 4.69) is 17.2 Å². The Morgan fingerprint density at radius 1 is 1.50 bits per heavy atom. The average molecular weight is 228 g/mol. The maximum atomic E-state index is 11.4. The molecule has 0 aliphatic rings. The average Bonchev–Trinajstić information content (AvgIpc) is 2.16. The van der Waals surface area contributed by atoms with E-state index in [-0.39, 0.29) is 11.9 Å². The highest BCUT2D eigenvalue weighted by Crippen LogP contribution is 1.90. The van der Waals surface area contributed by atoms with E-state index in [0.29, 0.717) is 26.2 Å². The van der Waals surface area contributed by atoms with Gasteiger partial charge in [0.05, 0.1) is 13.2 Å². The Bertz CT molecular complexity index is 217. The van der Waals surface area contributed by atoms with Crippen molar-refractivity contribution in [3.05, 3.63) is 12.2 Å². The minimum absolute atomic E-state index is 0.0624. The van der Waals surface area contributed by atoms with Gasteiger partial charge in [-0.25, -0.2) is 0 Å². The van der Waals surface area contributed by atoms with E-state index >= 15 is 0 Å². The van der Waals surface area contributed by atoms with Crippen LogP contribution in [0.15, 0.2) is 12.2 Å². The zero-order valence-electron chi connectivity index (χ0n) is 10.6. The number of hydrogen-bond donors (Lipinski definition) is 2. The molecule has 0 aromatic carbocycles. The van der Waals surface area contributed by atoms with Gasteiger partial charge in [-0.05, 0) is 20.4 Å². The van der Waals surface area contributed by atoms with Gasteiger partial charge in [-0.15, -0.1) is 0 Å². The predicted octanol–water partition coefficient (Wildman–Crippen LogP) is 1.08. The highest BCUT2D eigenvalue weighted by Gasteiger charge is 2.06. The molecule has 0 heterocycles. The summed E-state index contributed by atoms with van der Waals surface area (Å²) in [5, 5.41) is 6.00. The van der Waals surface area contributed by atoms with Crippen molar-refractivity contribution in [2.75, 3.05) is 26.3 Å². The molecule has 0 aliphatic heterocycles. The lowest BCUT2D eigenvalue weighted by Gasteiger charge is -2.12. The molecular weight excluding hydrogens is 204 g/mol. The topological polar surface area (TPSA) is 50.4 Å². The maximum Gasteiger partial charge on any atom is 0.221 e. The number of ether oxygens (including phenoxy) is 1. The van der Waals surface area contributed by atoms with Crippen molar-refractivity contribution >= 4 is 5.91 Å². The summed E-state index contributed by atoms with van der Waals surface area (Å²) in [6.45, 7) is 12.2. The van der Waals surface area contributed by atoms with Gasteiger partial charge in [0.1, 0.15) is 0 Å². The van der Waals surface area contributed by atoms with Crippen LogP contribution in [0.25, 0.3) is 0 Å². The molecule has 0 saturated heterocycles. The van der Waals surface area contributed by atoms with Gasteiger partial charge >= 0.3 is 0 Å². The van der Waals surface area contributed by atoms with Crippen LogP contribution in [0.5, 0.6) is 0 Å². The van der Waals surface area contributed by atoms with E-state index in [1.54, 1.807) is 0 Å². The van der Waals surface area contributed by atoms with Gasteiger partial charge in [0, 0.05) is 19.0 Å². The first-order chi connectivity index (χ1) is 7.56. The Morgan fingerprint density at radius 3 is 2.75 bits per heavy atom. The van der Waals surface area contributed by atoms with Crippen LogP contribution in [0.3, 0.4) is 0 Å². The molecule has 4 heteroatoms. The Kier molecular flexibility index (Phi) is 8.85. The molecule has 0 aromatic heterocycles. The van der Waals surface area contributed by atoms with Crippen molar-refractivity contribution in [3.63, 3.8) is 0 Å². The zero-order valence-corrected chi connectivity index (χ0v) is 10.6. The summed E-state index contributed by atoms with van der Waals surface area (Å²) >= 11 is 0. The number of rotatable bonds is 9. The fourth-order valence-electron chi connectivity index (χ4n) is 1.28. The van der Waals surface area contributed by atoms with E-state index in [9.17, 15) is 4.79 Å². The molecule has 1 unspecified atom stereocenters. The lowest BCUT2D eigenvalue weighted by molar-refractivity contribution is -0.121. The van der Waals surface area contributed by atoms with Gasteiger partial charge in [0.25, 0.3) is 0 Å². The van der Waals surface area contributed by atoms with Crippen molar-refractivity contribution in [3.8, 4) is 0 Å². The summed E-state index contributed by atoms with van der Waals surface area (Å²) in [6, 6.07) is 0.223. The SMILES string of the molecule is C=C(C)COCCNC(=O)CC(C)NCC. The maximum absolute atomic E-state index is 11.4. The Morgan fingerprint density at radius 2 is 2.19 bits per heavy atom. The van der Waals surface area contributed by atoms with Crippen LogP contribution in [0, 0.1) is 0 Å². The fraction of sp³-hybridized carbons (Fsp3) is 0.750. The first-order valence-corrected chi connectivity index (χ1v) is 5.78. The number of carbonyl (C=O) groups is 1. The van der Waals surface area contributed by atoms with Crippen molar-refractivity contribution in [1.29, 1.82) is 0 Å². The standard InChI is InChI=1S/C12H24N2O2/c1-5-13-11(4)8-12(15)14-6-7-16-9-10(2)3/h11,13H,2,5-9H2,1,3-4H3,(H,14,15). The quantitative estimate of drug-likeness (QED) is 0.459. The smallest absolute Gasteiger partial charge is 0.221 e. The third-order valence-electron chi connectivity index (χ3n) is 1.96. The molecule has 0 fully saturated rings. The molecule has 0 aliphatic carbocycles. The van der Waals surface area contributed by atoms with Gasteiger partial charge in [-0.1, -0.05) is 19.1 Å². The lowest BCUT2D eigenvalue weighted by Crippen LogP contribution is -2.35. The van der Waals surface area contributed by atoms with E-state index < -0.39 is 0 Å². The van der Waals surface area contributed by atoms with Crippen LogP contribution < -0.4 is 10.6 Å². The predicted molar refractivity (Wildman–Crippen MR) is 66.4 cm³/mol. The summed E-state index contributed by atoms with van der Waals surface area (Å²) in [5.74, 6) is 0.0624. The highest BCUT2D eigenvalue weighted by molar-refractivity contribution is 5.76. The third-order valence-corrected chi connectivity index (χ3v) is 1.96. The van der Waals surface area contributed by atoms with Crippen LogP contribution >= 0.6 is 0 Å². The second kappa shape index (κ2) is 9.36. The molecule has 16 heavy (non-hydrogen) atoms. The second-order valence-electron chi connectivity index (χ2n) is 4.02. The van der Waals surface area contributed by atoms with Gasteiger partial charge < -0.3 is 15.4 Å². The molecule has 1 atom stereocenters. The van der Waals surface area contributed by atoms with E-state index in [1.807, 2.05) is 20.8 Å². The van der Waals surface area contributed by atoms with Crippen LogP contribution in [0.4, 0.5) is 0 Å². The van der Waals surface area contributed by atoms with Gasteiger partial charge in [0.15, 0.2) is 0 Å². The van der Waals surface area contributed by atoms with Gasteiger partial charge in [-0.2, -0.15) is 0 Å². The molecule has 1 amide bonds. The van der Waals surface area contributed by atoms with Crippen LogP contribution in [-0.4, -0.2) is 38.3 Å². The number of nitrogens with one attached hydrogen (secondary N) is 2. The summed E-state index contributed by atoms with van der Waals surface area (Å²) in [5.41, 5.74) is 0.993. The monoisotopic (exact) mass is 228 g/mol. The Hall–Kier alpha value is -0.870. The van der Waals surface area contributed by atoms with Crippen molar-refractivity contribution in [2.24, 2.45) is 0 Å². The molecule has 4 nitrogen and oxygen atoms in total. The number of carbonyl (C=O) groups excluding carboxylic acids is 1. The van der Waals surface area contributed by atoms with E-state index in [0.717, 1.165) is 12.1 Å². The first kappa shape index (κ1) is 15.1. The van der Waals surface area contributed by atoms with Gasteiger partial charge in [-0.3, -0.25) is 4.79 Å². The molecule has 0 bridgehead atoms. The normalized spacial score (nSPS) is 12.2. The fourth-order valence-corrected chi connectivity index (χ4v) is 1.28. The second-order valence-corrected chi connectivity index (χ2v) is 4.02. The first-order valence-electron chi connectivity index (χ1n) is 5.78. The van der Waals surface area contributed by atoms with E-state index in [1.165, 1.54) is 0 Å². The zero-order chi connectivity index (χ0) is 12.4. The highest BCUT2D eigenvalue weighted by atomic mass is 16.5. The minimum Gasteiger partial charge on any atom is -0.375 e. The molecule has 0 spiro atoms. The summed E-state index contributed by atoms with van der Waals surface area (Å²) in [6.07, 6.45) is 0.508. The van der Waals surface area contributed by atoms with Crippen LogP contribution in [-0.2, 0) is 9.53 Å². The minimum atomic E-state index is 0.0624. The third kappa shape index (κ3) is 9.68. The molecular formula is C12H24N2O2. The largest absolute Gasteiger partial charge is 0.375 e.